The predicted molar refractivity (Wildman–Crippen MR) is 320 cm³/mol. The van der Waals surface area contributed by atoms with Gasteiger partial charge in [0.2, 0.25) is 0 Å². The van der Waals surface area contributed by atoms with Crippen molar-refractivity contribution in [2.75, 3.05) is 22.9 Å². The minimum Gasteiger partial charge on any atom is -0.341 e. The Hall–Kier alpha value is -9.24. The largest absolute Gasteiger partial charge is 0.341 e. The van der Waals surface area contributed by atoms with E-state index in [2.05, 4.69) is 303 Å². The summed E-state index contributed by atoms with van der Waals surface area (Å²) in [7, 11) is 0. The Morgan fingerprint density at radius 3 is 0.974 bits per heavy atom. The van der Waals surface area contributed by atoms with Crippen LogP contribution in [-0.2, 0) is 10.8 Å². The quantitative estimate of drug-likeness (QED) is 0.133. The summed E-state index contributed by atoms with van der Waals surface area (Å²) in [6, 6.07) is 105. The molecular weight excluding hydrogens is 917 g/mol. The second-order valence-corrected chi connectivity index (χ2v) is 20.3. The molecule has 0 spiro atoms. The molecule has 0 bridgehead atoms. The van der Waals surface area contributed by atoms with Gasteiger partial charge in [-0.05, 0) is 132 Å². The van der Waals surface area contributed by atoms with Gasteiger partial charge in [0, 0.05) is 47.0 Å². The zero-order chi connectivity index (χ0) is 50.8. The molecule has 2 aliphatic heterocycles. The molecule has 14 rings (SSSR count). The molecule has 2 nitrogen and oxygen atoms in total. The molecule has 0 amide bonds. The van der Waals surface area contributed by atoms with Gasteiger partial charge in [-0.25, -0.2) is 0 Å². The monoisotopic (exact) mass is 972 g/mol. The molecule has 0 atom stereocenters. The second-order valence-electron chi connectivity index (χ2n) is 20.3. The lowest BCUT2D eigenvalue weighted by molar-refractivity contribution is 0.722. The smallest absolute Gasteiger partial charge is 0.0748 e. The van der Waals surface area contributed by atoms with Gasteiger partial charge in [-0.3, -0.25) is 0 Å². The molecule has 0 aromatic heterocycles. The Bertz CT molecular complexity index is 3800. The first-order valence-electron chi connectivity index (χ1n) is 27.0. The van der Waals surface area contributed by atoms with Crippen LogP contribution in [0.3, 0.4) is 0 Å². The average Bonchev–Trinajstić information content (AvgIpc) is 3.69. The van der Waals surface area contributed by atoms with Crippen LogP contribution < -0.4 is 9.80 Å². The van der Waals surface area contributed by atoms with Crippen LogP contribution in [0.2, 0.25) is 0 Å². The molecular formula is C74H56N2. The number of anilines is 4. The third-order valence-electron chi connectivity index (χ3n) is 16.8. The van der Waals surface area contributed by atoms with Gasteiger partial charge < -0.3 is 9.80 Å². The van der Waals surface area contributed by atoms with Crippen molar-refractivity contribution >= 4 is 44.3 Å². The number of hydrogen-bond acceptors (Lipinski definition) is 2. The van der Waals surface area contributed by atoms with Crippen molar-refractivity contribution in [3.63, 3.8) is 0 Å². The topological polar surface area (TPSA) is 6.48 Å². The highest BCUT2D eigenvalue weighted by Crippen LogP contribution is 2.61. The molecule has 362 valence electrons. The van der Waals surface area contributed by atoms with E-state index in [-0.39, 0.29) is 0 Å². The normalized spacial score (nSPS) is 13.9. The lowest BCUT2D eigenvalue weighted by Crippen LogP contribution is -2.39. The van der Waals surface area contributed by atoms with E-state index in [1.54, 1.807) is 0 Å². The van der Waals surface area contributed by atoms with Gasteiger partial charge in [-0.15, -0.1) is 0 Å². The van der Waals surface area contributed by atoms with Gasteiger partial charge in [-0.2, -0.15) is 0 Å². The summed E-state index contributed by atoms with van der Waals surface area (Å²) in [5, 5.41) is 4.89. The van der Waals surface area contributed by atoms with Crippen molar-refractivity contribution < 1.29 is 0 Å². The van der Waals surface area contributed by atoms with Gasteiger partial charge in [0.05, 0.1) is 10.8 Å². The molecule has 0 saturated carbocycles. The van der Waals surface area contributed by atoms with Gasteiger partial charge in [0.25, 0.3) is 0 Å². The van der Waals surface area contributed by atoms with E-state index in [4.69, 9.17) is 0 Å². The highest BCUT2D eigenvalue weighted by Gasteiger charge is 2.49. The molecule has 12 aromatic rings. The van der Waals surface area contributed by atoms with Crippen LogP contribution in [-0.4, -0.2) is 13.1 Å². The van der Waals surface area contributed by atoms with Crippen molar-refractivity contribution in [2.45, 2.75) is 24.7 Å². The van der Waals surface area contributed by atoms with E-state index in [0.717, 1.165) is 13.1 Å². The second kappa shape index (κ2) is 18.3. The molecule has 0 radical (unpaired) electrons. The van der Waals surface area contributed by atoms with Gasteiger partial charge in [0.1, 0.15) is 0 Å². The van der Waals surface area contributed by atoms with E-state index >= 15 is 0 Å². The minimum absolute atomic E-state index is 0.647. The minimum atomic E-state index is -0.647. The molecule has 0 fully saturated rings. The number of nitrogens with zero attached hydrogens (tertiary/aromatic N) is 2. The Kier molecular flexibility index (Phi) is 10.9. The highest BCUT2D eigenvalue weighted by molar-refractivity contribution is 6.19. The fourth-order valence-corrected chi connectivity index (χ4v) is 13.9. The summed E-state index contributed by atoms with van der Waals surface area (Å²) in [5.41, 5.74) is 21.0. The Morgan fingerprint density at radius 2 is 0.592 bits per heavy atom. The van der Waals surface area contributed by atoms with E-state index in [0.29, 0.717) is 0 Å². The third-order valence-corrected chi connectivity index (χ3v) is 16.8. The van der Waals surface area contributed by atoms with Crippen LogP contribution in [0.5, 0.6) is 0 Å². The SMILES string of the molecule is CCN1c2ccccc2C(c2ccccc2)(c2ccccc2)c2c(-c3cccc4c(-c5ccccc5)c5cccc(-c6cccc7c6C(c6ccccc6)(c6ccccc6)c6ccccc6N7CC)c5cc34)cccc21. The first-order chi connectivity index (χ1) is 37.7. The van der Waals surface area contributed by atoms with Crippen LogP contribution in [0.1, 0.15) is 58.4 Å². The summed E-state index contributed by atoms with van der Waals surface area (Å²) in [6.45, 7) is 6.22. The maximum Gasteiger partial charge on any atom is 0.0748 e. The van der Waals surface area contributed by atoms with Gasteiger partial charge in [-0.1, -0.05) is 249 Å². The van der Waals surface area contributed by atoms with E-state index in [1.165, 1.54) is 122 Å². The standard InChI is InChI=1S/C74H56N2/c1-3-75-66-46-22-20-44-64(66)73(52-30-12-6-13-31-52,53-32-14-7-15-33-53)71-60(42-26-48-68(71)75)56-38-24-40-58-62(56)50-63-57(39-25-41-59(63)70(58)51-28-10-5-11-29-51)61-43-27-49-69-72(61)74(54-34-16-8-17-35-54,55-36-18-9-19-37-55)65-45-21-23-47-67(65)76(69)4-2/h5-50H,3-4H2,1-2H3. The van der Waals surface area contributed by atoms with Crippen LogP contribution in [0.15, 0.2) is 279 Å². The van der Waals surface area contributed by atoms with E-state index < -0.39 is 10.8 Å². The zero-order valence-electron chi connectivity index (χ0n) is 42.9. The molecule has 76 heavy (non-hydrogen) atoms. The molecule has 0 saturated heterocycles. The molecule has 2 heterocycles. The Labute approximate surface area is 446 Å². The van der Waals surface area contributed by atoms with Crippen molar-refractivity contribution in [1.82, 2.24) is 0 Å². The van der Waals surface area contributed by atoms with Crippen LogP contribution in [0.4, 0.5) is 22.7 Å². The number of rotatable bonds is 9. The summed E-state index contributed by atoms with van der Waals surface area (Å²) in [4.78, 5) is 5.07. The Balaban J connectivity index is 1.13. The lowest BCUT2D eigenvalue weighted by Gasteiger charge is -2.47. The molecule has 2 aliphatic rings. The summed E-state index contributed by atoms with van der Waals surface area (Å²) >= 11 is 0. The summed E-state index contributed by atoms with van der Waals surface area (Å²) in [5.74, 6) is 0. The zero-order valence-corrected chi connectivity index (χ0v) is 42.9. The van der Waals surface area contributed by atoms with Crippen molar-refractivity contribution in [3.8, 4) is 33.4 Å². The third kappa shape index (κ3) is 6.53. The Morgan fingerprint density at radius 1 is 0.276 bits per heavy atom. The fraction of sp³-hybridized carbons (Fsp3) is 0.0811. The van der Waals surface area contributed by atoms with Crippen molar-refractivity contribution in [1.29, 1.82) is 0 Å². The first-order valence-corrected chi connectivity index (χ1v) is 27.0. The summed E-state index contributed by atoms with van der Waals surface area (Å²) < 4.78 is 0. The van der Waals surface area contributed by atoms with Gasteiger partial charge >= 0.3 is 0 Å². The fourth-order valence-electron chi connectivity index (χ4n) is 13.9. The number of hydrogen-bond donors (Lipinski definition) is 0. The number of benzene rings is 12. The molecule has 0 N–H and O–H groups in total. The summed E-state index contributed by atoms with van der Waals surface area (Å²) in [6.07, 6.45) is 0. The van der Waals surface area contributed by atoms with Gasteiger partial charge in [0.15, 0.2) is 0 Å². The van der Waals surface area contributed by atoms with Crippen LogP contribution in [0.25, 0.3) is 54.9 Å². The van der Waals surface area contributed by atoms with Crippen molar-refractivity contribution in [2.24, 2.45) is 0 Å². The predicted octanol–water partition coefficient (Wildman–Crippen LogP) is 18.7. The maximum absolute atomic E-state index is 2.54. The van der Waals surface area contributed by atoms with Crippen molar-refractivity contribution in [3.05, 3.63) is 324 Å². The van der Waals surface area contributed by atoms with E-state index in [9.17, 15) is 0 Å². The molecule has 0 aliphatic carbocycles. The molecule has 2 heteroatoms. The molecule has 12 aromatic carbocycles. The van der Waals surface area contributed by atoms with Crippen LogP contribution in [0, 0.1) is 0 Å². The lowest BCUT2D eigenvalue weighted by atomic mass is 9.60. The number of fused-ring (bicyclic) bond motifs is 6. The van der Waals surface area contributed by atoms with E-state index in [1.807, 2.05) is 0 Å². The first kappa shape index (κ1) is 45.4. The average molecular weight is 973 g/mol. The molecule has 0 unspecified atom stereocenters. The van der Waals surface area contributed by atoms with Crippen LogP contribution >= 0.6 is 0 Å². The highest BCUT2D eigenvalue weighted by atomic mass is 15.2. The maximum atomic E-state index is 2.54. The number of para-hydroxylation sites is 2.